The largest absolute Gasteiger partial charge is 0.465 e. The third-order valence-corrected chi connectivity index (χ3v) is 5.68. The van der Waals surface area contributed by atoms with Crippen LogP contribution in [0.25, 0.3) is 0 Å². The number of ether oxygens (including phenoxy) is 2. The first-order valence-corrected chi connectivity index (χ1v) is 9.49. The monoisotopic (exact) mass is 352 g/mol. The minimum Gasteiger partial charge on any atom is -0.465 e. The SMILES string of the molecule is CCOC(=O)C1(Cc2ccccc2)CCCC1(C)OCc1ccccc1. The van der Waals surface area contributed by atoms with Crippen molar-refractivity contribution in [1.29, 1.82) is 0 Å². The minimum absolute atomic E-state index is 0.128. The van der Waals surface area contributed by atoms with E-state index in [9.17, 15) is 4.79 Å². The first-order chi connectivity index (χ1) is 12.6. The fourth-order valence-electron chi connectivity index (χ4n) is 4.14. The molecule has 3 nitrogen and oxygen atoms in total. The van der Waals surface area contributed by atoms with E-state index in [-0.39, 0.29) is 5.97 Å². The molecule has 0 aliphatic heterocycles. The van der Waals surface area contributed by atoms with Crippen LogP contribution in [0.3, 0.4) is 0 Å². The first-order valence-electron chi connectivity index (χ1n) is 9.49. The van der Waals surface area contributed by atoms with Crippen LogP contribution in [-0.2, 0) is 27.3 Å². The Hall–Kier alpha value is -2.13. The Labute approximate surface area is 156 Å². The summed E-state index contributed by atoms with van der Waals surface area (Å²) in [4.78, 5) is 13.1. The van der Waals surface area contributed by atoms with Gasteiger partial charge in [-0.3, -0.25) is 4.79 Å². The van der Waals surface area contributed by atoms with E-state index in [1.165, 1.54) is 0 Å². The van der Waals surface area contributed by atoms with Gasteiger partial charge < -0.3 is 9.47 Å². The summed E-state index contributed by atoms with van der Waals surface area (Å²) >= 11 is 0. The van der Waals surface area contributed by atoms with Crippen molar-refractivity contribution in [1.82, 2.24) is 0 Å². The molecule has 0 saturated heterocycles. The number of carbonyl (C=O) groups is 1. The Morgan fingerprint density at radius 3 is 2.19 bits per heavy atom. The quantitative estimate of drug-likeness (QED) is 0.662. The van der Waals surface area contributed by atoms with Crippen LogP contribution in [0.2, 0.25) is 0 Å². The van der Waals surface area contributed by atoms with Gasteiger partial charge in [-0.15, -0.1) is 0 Å². The lowest BCUT2D eigenvalue weighted by atomic mass is 9.70. The van der Waals surface area contributed by atoms with Crippen molar-refractivity contribution in [3.8, 4) is 0 Å². The lowest BCUT2D eigenvalue weighted by molar-refractivity contribution is -0.179. The molecule has 0 bridgehead atoms. The van der Waals surface area contributed by atoms with Crippen molar-refractivity contribution < 1.29 is 14.3 Å². The van der Waals surface area contributed by atoms with Crippen molar-refractivity contribution in [3.63, 3.8) is 0 Å². The minimum atomic E-state index is -0.640. The highest BCUT2D eigenvalue weighted by atomic mass is 16.5. The molecule has 0 amide bonds. The summed E-state index contributed by atoms with van der Waals surface area (Å²) in [5, 5.41) is 0. The highest BCUT2D eigenvalue weighted by molar-refractivity contribution is 5.79. The zero-order valence-corrected chi connectivity index (χ0v) is 15.7. The maximum absolute atomic E-state index is 13.1. The van der Waals surface area contributed by atoms with Gasteiger partial charge in [0.15, 0.2) is 0 Å². The predicted octanol–water partition coefficient (Wildman–Crippen LogP) is 4.94. The summed E-state index contributed by atoms with van der Waals surface area (Å²) in [6.45, 7) is 4.85. The second kappa shape index (κ2) is 8.05. The summed E-state index contributed by atoms with van der Waals surface area (Å²) in [5.74, 6) is -0.128. The highest BCUT2D eigenvalue weighted by Gasteiger charge is 2.58. The highest BCUT2D eigenvalue weighted by Crippen LogP contribution is 2.52. The number of rotatable bonds is 7. The van der Waals surface area contributed by atoms with E-state index in [2.05, 4.69) is 31.2 Å². The first kappa shape index (κ1) is 18.7. The number of benzene rings is 2. The molecular weight excluding hydrogens is 324 g/mol. The van der Waals surface area contributed by atoms with Gasteiger partial charge in [-0.05, 0) is 50.7 Å². The molecule has 2 aromatic carbocycles. The van der Waals surface area contributed by atoms with Crippen molar-refractivity contribution in [2.75, 3.05) is 6.61 Å². The van der Waals surface area contributed by atoms with Gasteiger partial charge in [0.05, 0.1) is 18.8 Å². The molecule has 2 aromatic rings. The Morgan fingerprint density at radius 1 is 0.962 bits per heavy atom. The molecule has 1 saturated carbocycles. The van der Waals surface area contributed by atoms with Gasteiger partial charge in [-0.25, -0.2) is 0 Å². The van der Waals surface area contributed by atoms with Crippen LogP contribution >= 0.6 is 0 Å². The van der Waals surface area contributed by atoms with E-state index >= 15 is 0 Å². The summed E-state index contributed by atoms with van der Waals surface area (Å²) in [5.41, 5.74) is 1.10. The average molecular weight is 352 g/mol. The number of hydrogen-bond donors (Lipinski definition) is 0. The summed E-state index contributed by atoms with van der Waals surface area (Å²) in [7, 11) is 0. The zero-order valence-electron chi connectivity index (χ0n) is 15.7. The molecule has 0 aromatic heterocycles. The van der Waals surface area contributed by atoms with Gasteiger partial charge in [0.1, 0.15) is 5.41 Å². The second-order valence-electron chi connectivity index (χ2n) is 7.32. The molecule has 0 heterocycles. The van der Waals surface area contributed by atoms with Crippen molar-refractivity contribution >= 4 is 5.97 Å². The van der Waals surface area contributed by atoms with Gasteiger partial charge in [-0.2, -0.15) is 0 Å². The standard InChI is InChI=1S/C23H28O3/c1-3-25-21(24)23(17-19-11-6-4-7-12-19)16-10-15-22(23,2)26-18-20-13-8-5-9-14-20/h4-9,11-14H,3,10,15-18H2,1-2H3. The molecule has 1 aliphatic rings. The Balaban J connectivity index is 1.88. The van der Waals surface area contributed by atoms with E-state index in [0.29, 0.717) is 19.6 Å². The van der Waals surface area contributed by atoms with Crippen molar-refractivity contribution in [3.05, 3.63) is 71.8 Å². The topological polar surface area (TPSA) is 35.5 Å². The third-order valence-electron chi connectivity index (χ3n) is 5.68. The molecular formula is C23H28O3. The normalized spacial score (nSPS) is 25.2. The molecule has 2 unspecified atom stereocenters. The maximum Gasteiger partial charge on any atom is 0.315 e. The van der Waals surface area contributed by atoms with Crippen LogP contribution in [0.4, 0.5) is 0 Å². The van der Waals surface area contributed by atoms with Gasteiger partial charge in [0.25, 0.3) is 0 Å². The van der Waals surface area contributed by atoms with Crippen LogP contribution in [0, 0.1) is 5.41 Å². The summed E-state index contributed by atoms with van der Waals surface area (Å²) in [6.07, 6.45) is 3.28. The number of esters is 1. The Kier molecular flexibility index (Phi) is 5.77. The fourth-order valence-corrected chi connectivity index (χ4v) is 4.14. The van der Waals surface area contributed by atoms with Crippen LogP contribution < -0.4 is 0 Å². The molecule has 0 N–H and O–H groups in total. The van der Waals surface area contributed by atoms with E-state index in [1.807, 2.05) is 43.3 Å². The maximum atomic E-state index is 13.1. The van der Waals surface area contributed by atoms with Gasteiger partial charge >= 0.3 is 5.97 Å². The predicted molar refractivity (Wildman–Crippen MR) is 103 cm³/mol. The second-order valence-corrected chi connectivity index (χ2v) is 7.32. The Bertz CT molecular complexity index is 713. The fraction of sp³-hybridized carbons (Fsp3) is 0.435. The summed E-state index contributed by atoms with van der Waals surface area (Å²) in [6, 6.07) is 20.3. The molecule has 1 fully saturated rings. The van der Waals surface area contributed by atoms with Crippen LogP contribution in [0.1, 0.15) is 44.2 Å². The van der Waals surface area contributed by atoms with E-state index < -0.39 is 11.0 Å². The molecule has 138 valence electrons. The third kappa shape index (κ3) is 3.68. The van der Waals surface area contributed by atoms with Crippen molar-refractivity contribution in [2.24, 2.45) is 5.41 Å². The molecule has 26 heavy (non-hydrogen) atoms. The van der Waals surface area contributed by atoms with Crippen LogP contribution in [-0.4, -0.2) is 18.2 Å². The van der Waals surface area contributed by atoms with Gasteiger partial charge in [0.2, 0.25) is 0 Å². The van der Waals surface area contributed by atoms with E-state index in [0.717, 1.165) is 30.4 Å². The molecule has 3 heteroatoms. The Morgan fingerprint density at radius 2 is 1.58 bits per heavy atom. The number of carbonyl (C=O) groups excluding carboxylic acids is 1. The van der Waals surface area contributed by atoms with Crippen LogP contribution in [0.5, 0.6) is 0 Å². The smallest absolute Gasteiger partial charge is 0.315 e. The molecule has 1 aliphatic carbocycles. The van der Waals surface area contributed by atoms with Crippen LogP contribution in [0.15, 0.2) is 60.7 Å². The average Bonchev–Trinajstić information content (AvgIpc) is 3.00. The summed E-state index contributed by atoms with van der Waals surface area (Å²) < 4.78 is 12.0. The van der Waals surface area contributed by atoms with E-state index in [4.69, 9.17) is 9.47 Å². The molecule has 3 rings (SSSR count). The van der Waals surface area contributed by atoms with Gasteiger partial charge in [0, 0.05) is 0 Å². The van der Waals surface area contributed by atoms with Gasteiger partial charge in [-0.1, -0.05) is 60.7 Å². The number of hydrogen-bond acceptors (Lipinski definition) is 3. The lowest BCUT2D eigenvalue weighted by Crippen LogP contribution is -2.51. The van der Waals surface area contributed by atoms with E-state index in [1.54, 1.807) is 0 Å². The molecule has 2 atom stereocenters. The molecule has 0 spiro atoms. The molecule has 0 radical (unpaired) electrons. The lowest BCUT2D eigenvalue weighted by Gasteiger charge is -2.41. The zero-order chi connectivity index (χ0) is 18.5. The van der Waals surface area contributed by atoms with Crippen molar-refractivity contribution in [2.45, 2.75) is 51.7 Å².